The van der Waals surface area contributed by atoms with E-state index in [2.05, 4.69) is 10.3 Å². The Labute approximate surface area is 129 Å². The SMILES string of the molecule is O=C1CCCN1Cc1ccc(CNc2cccc(F)n2)cc1. The van der Waals surface area contributed by atoms with E-state index in [1.165, 1.54) is 6.07 Å². The molecule has 0 spiro atoms. The van der Waals surface area contributed by atoms with Gasteiger partial charge in [-0.05, 0) is 29.7 Å². The summed E-state index contributed by atoms with van der Waals surface area (Å²) < 4.78 is 13.0. The third-order valence-electron chi connectivity index (χ3n) is 3.76. The number of aromatic nitrogens is 1. The highest BCUT2D eigenvalue weighted by Crippen LogP contribution is 2.15. The van der Waals surface area contributed by atoms with Gasteiger partial charge in [0.1, 0.15) is 5.82 Å². The summed E-state index contributed by atoms with van der Waals surface area (Å²) in [5, 5.41) is 3.09. The molecule has 2 aromatic rings. The summed E-state index contributed by atoms with van der Waals surface area (Å²) in [5.74, 6) is 0.269. The fourth-order valence-corrected chi connectivity index (χ4v) is 2.55. The predicted octanol–water partition coefficient (Wildman–Crippen LogP) is 2.96. The van der Waals surface area contributed by atoms with E-state index in [9.17, 15) is 9.18 Å². The maximum Gasteiger partial charge on any atom is 0.222 e. The van der Waals surface area contributed by atoms with Crippen LogP contribution in [0.25, 0.3) is 0 Å². The van der Waals surface area contributed by atoms with Gasteiger partial charge in [-0.3, -0.25) is 4.79 Å². The average molecular weight is 299 g/mol. The summed E-state index contributed by atoms with van der Waals surface area (Å²) in [7, 11) is 0. The zero-order chi connectivity index (χ0) is 15.4. The van der Waals surface area contributed by atoms with Gasteiger partial charge in [-0.1, -0.05) is 30.3 Å². The normalized spacial score (nSPS) is 14.4. The summed E-state index contributed by atoms with van der Waals surface area (Å²) in [6, 6.07) is 12.8. The molecule has 1 amide bonds. The lowest BCUT2D eigenvalue weighted by atomic mass is 10.1. The van der Waals surface area contributed by atoms with Crippen LogP contribution < -0.4 is 5.32 Å². The van der Waals surface area contributed by atoms with Crippen LogP contribution in [0, 0.1) is 5.95 Å². The van der Waals surface area contributed by atoms with Gasteiger partial charge in [0.25, 0.3) is 0 Å². The highest BCUT2D eigenvalue weighted by atomic mass is 19.1. The molecule has 1 N–H and O–H groups in total. The average Bonchev–Trinajstić information content (AvgIpc) is 2.92. The Morgan fingerprint density at radius 1 is 1.14 bits per heavy atom. The van der Waals surface area contributed by atoms with Gasteiger partial charge in [0.05, 0.1) is 0 Å². The number of carbonyl (C=O) groups excluding carboxylic acids is 1. The Kier molecular flexibility index (Phi) is 4.32. The zero-order valence-corrected chi connectivity index (χ0v) is 12.3. The number of benzene rings is 1. The summed E-state index contributed by atoms with van der Waals surface area (Å²) in [5.41, 5.74) is 2.21. The van der Waals surface area contributed by atoms with Crippen molar-refractivity contribution in [3.8, 4) is 0 Å². The number of rotatable bonds is 5. The standard InChI is InChI=1S/C17H18FN3O/c18-15-3-1-4-16(20-15)19-11-13-6-8-14(9-7-13)12-21-10-2-5-17(21)22/h1,3-4,6-9H,2,5,10-12H2,(H,19,20). The van der Waals surface area contributed by atoms with Crippen LogP contribution in [0.1, 0.15) is 24.0 Å². The maximum atomic E-state index is 13.0. The topological polar surface area (TPSA) is 45.2 Å². The lowest BCUT2D eigenvalue weighted by Gasteiger charge is -2.15. The van der Waals surface area contributed by atoms with Crippen molar-refractivity contribution in [2.45, 2.75) is 25.9 Å². The lowest BCUT2D eigenvalue weighted by Crippen LogP contribution is -2.23. The number of hydrogen-bond donors (Lipinski definition) is 1. The molecule has 22 heavy (non-hydrogen) atoms. The van der Waals surface area contributed by atoms with Gasteiger partial charge in [-0.25, -0.2) is 4.98 Å². The first-order valence-corrected chi connectivity index (χ1v) is 7.43. The van der Waals surface area contributed by atoms with E-state index in [4.69, 9.17) is 0 Å². The molecule has 1 aliphatic heterocycles. The molecule has 1 saturated heterocycles. The smallest absolute Gasteiger partial charge is 0.222 e. The predicted molar refractivity (Wildman–Crippen MR) is 82.6 cm³/mol. The van der Waals surface area contributed by atoms with Crippen LogP contribution in [0.3, 0.4) is 0 Å². The second-order valence-corrected chi connectivity index (χ2v) is 5.43. The van der Waals surface area contributed by atoms with Crippen molar-refractivity contribution >= 4 is 11.7 Å². The molecular formula is C17H18FN3O. The van der Waals surface area contributed by atoms with Crippen molar-refractivity contribution < 1.29 is 9.18 Å². The summed E-state index contributed by atoms with van der Waals surface area (Å²) in [4.78, 5) is 17.3. The Morgan fingerprint density at radius 3 is 2.59 bits per heavy atom. The highest BCUT2D eigenvalue weighted by molar-refractivity contribution is 5.78. The third kappa shape index (κ3) is 3.61. The molecule has 114 valence electrons. The second kappa shape index (κ2) is 6.56. The monoisotopic (exact) mass is 299 g/mol. The molecule has 1 aromatic heterocycles. The van der Waals surface area contributed by atoms with Crippen LogP contribution in [0.4, 0.5) is 10.2 Å². The Bertz CT molecular complexity index is 657. The number of pyridine rings is 1. The van der Waals surface area contributed by atoms with Crippen molar-refractivity contribution in [2.24, 2.45) is 0 Å². The molecule has 0 atom stereocenters. The van der Waals surface area contributed by atoms with Gasteiger partial charge >= 0.3 is 0 Å². The molecule has 0 radical (unpaired) electrons. The van der Waals surface area contributed by atoms with Gasteiger partial charge in [0, 0.05) is 26.1 Å². The van der Waals surface area contributed by atoms with E-state index < -0.39 is 5.95 Å². The van der Waals surface area contributed by atoms with Crippen molar-refractivity contribution in [2.75, 3.05) is 11.9 Å². The Hall–Kier alpha value is -2.43. The molecule has 2 heterocycles. The van der Waals surface area contributed by atoms with Crippen LogP contribution in [0.2, 0.25) is 0 Å². The van der Waals surface area contributed by atoms with E-state index in [0.717, 1.165) is 24.1 Å². The first-order valence-electron chi connectivity index (χ1n) is 7.43. The molecule has 4 nitrogen and oxygen atoms in total. The van der Waals surface area contributed by atoms with E-state index in [1.54, 1.807) is 12.1 Å². The van der Waals surface area contributed by atoms with Gasteiger partial charge < -0.3 is 10.2 Å². The van der Waals surface area contributed by atoms with E-state index >= 15 is 0 Å². The van der Waals surface area contributed by atoms with Crippen LogP contribution in [-0.2, 0) is 17.9 Å². The number of likely N-dealkylation sites (tertiary alicyclic amines) is 1. The van der Waals surface area contributed by atoms with Gasteiger partial charge in [-0.2, -0.15) is 4.39 Å². The molecule has 1 fully saturated rings. The largest absolute Gasteiger partial charge is 0.366 e. The molecule has 0 saturated carbocycles. The molecule has 5 heteroatoms. The lowest BCUT2D eigenvalue weighted by molar-refractivity contribution is -0.128. The molecule has 1 aromatic carbocycles. The summed E-state index contributed by atoms with van der Waals surface area (Å²) >= 11 is 0. The van der Waals surface area contributed by atoms with Gasteiger partial charge in [0.15, 0.2) is 0 Å². The van der Waals surface area contributed by atoms with E-state index in [1.807, 2.05) is 29.2 Å². The van der Waals surface area contributed by atoms with E-state index in [-0.39, 0.29) is 5.91 Å². The number of carbonyl (C=O) groups is 1. The third-order valence-corrected chi connectivity index (χ3v) is 3.76. The molecule has 0 bridgehead atoms. The number of anilines is 1. The second-order valence-electron chi connectivity index (χ2n) is 5.43. The van der Waals surface area contributed by atoms with Gasteiger partial charge in [0.2, 0.25) is 11.9 Å². The summed E-state index contributed by atoms with van der Waals surface area (Å²) in [6.45, 7) is 2.12. The summed E-state index contributed by atoms with van der Waals surface area (Å²) in [6.07, 6.45) is 1.63. The zero-order valence-electron chi connectivity index (χ0n) is 12.3. The van der Waals surface area contributed by atoms with Gasteiger partial charge in [-0.15, -0.1) is 0 Å². The van der Waals surface area contributed by atoms with Crippen molar-refractivity contribution in [1.82, 2.24) is 9.88 Å². The van der Waals surface area contributed by atoms with Crippen molar-refractivity contribution in [3.63, 3.8) is 0 Å². The quantitative estimate of drug-likeness (QED) is 0.863. The number of nitrogens with one attached hydrogen (secondary N) is 1. The minimum absolute atomic E-state index is 0.239. The number of halogens is 1. The Morgan fingerprint density at radius 2 is 1.91 bits per heavy atom. The van der Waals surface area contributed by atoms with Crippen LogP contribution in [0.15, 0.2) is 42.5 Å². The van der Waals surface area contributed by atoms with Crippen LogP contribution in [-0.4, -0.2) is 22.3 Å². The fraction of sp³-hybridized carbons (Fsp3) is 0.294. The fourth-order valence-electron chi connectivity index (χ4n) is 2.55. The van der Waals surface area contributed by atoms with Crippen LogP contribution >= 0.6 is 0 Å². The van der Waals surface area contributed by atoms with E-state index in [0.29, 0.717) is 25.3 Å². The minimum Gasteiger partial charge on any atom is -0.366 e. The first-order chi connectivity index (χ1) is 10.7. The molecule has 0 unspecified atom stereocenters. The highest BCUT2D eigenvalue weighted by Gasteiger charge is 2.19. The number of nitrogens with zero attached hydrogens (tertiary/aromatic N) is 2. The first kappa shape index (κ1) is 14.5. The molecule has 0 aliphatic carbocycles. The minimum atomic E-state index is -0.490. The molecular weight excluding hydrogens is 281 g/mol. The molecule has 3 rings (SSSR count). The maximum absolute atomic E-state index is 13.0. The van der Waals surface area contributed by atoms with Crippen molar-refractivity contribution in [3.05, 3.63) is 59.5 Å². The Balaban J connectivity index is 1.56. The van der Waals surface area contributed by atoms with Crippen LogP contribution in [0.5, 0.6) is 0 Å². The molecule has 1 aliphatic rings. The number of amides is 1. The van der Waals surface area contributed by atoms with Crippen molar-refractivity contribution in [1.29, 1.82) is 0 Å². The number of hydrogen-bond acceptors (Lipinski definition) is 3.